The highest BCUT2D eigenvalue weighted by Gasteiger charge is 2.18. The van der Waals surface area contributed by atoms with Gasteiger partial charge in [-0.25, -0.2) is 4.79 Å². The Morgan fingerprint density at radius 2 is 2.08 bits per heavy atom. The number of carboxylic acid groups (broad SMARTS) is 1. The van der Waals surface area contributed by atoms with Crippen LogP contribution in [0.4, 0.5) is 0 Å². The van der Waals surface area contributed by atoms with Gasteiger partial charge in [0.2, 0.25) is 0 Å². The Bertz CT molecular complexity index is 705. The molecule has 0 bridgehead atoms. The first-order valence-corrected chi connectivity index (χ1v) is 8.84. The van der Waals surface area contributed by atoms with Gasteiger partial charge in [0, 0.05) is 6.08 Å². The number of allylic oxidation sites excluding steroid dienone is 5. The molecule has 0 radical (unpaired) electrons. The molecule has 128 valence electrons. The van der Waals surface area contributed by atoms with Crippen LogP contribution < -0.4 is 0 Å². The van der Waals surface area contributed by atoms with Gasteiger partial charge in [0.05, 0.1) is 0 Å². The van der Waals surface area contributed by atoms with E-state index < -0.39 is 5.97 Å². The molecule has 0 heterocycles. The third-order valence-corrected chi connectivity index (χ3v) is 4.84. The van der Waals surface area contributed by atoms with Gasteiger partial charge in [-0.1, -0.05) is 44.2 Å². The number of rotatable bonds is 5. The van der Waals surface area contributed by atoms with E-state index in [1.807, 2.05) is 12.2 Å². The average molecular weight is 324 g/mol. The van der Waals surface area contributed by atoms with Gasteiger partial charge in [0.1, 0.15) is 0 Å². The fraction of sp³-hybridized carbons (Fsp3) is 0.409. The molecule has 24 heavy (non-hydrogen) atoms. The van der Waals surface area contributed by atoms with Gasteiger partial charge >= 0.3 is 5.97 Å². The number of benzene rings is 1. The van der Waals surface area contributed by atoms with Gasteiger partial charge in [0.15, 0.2) is 0 Å². The molecule has 1 aromatic carbocycles. The van der Waals surface area contributed by atoms with Crippen LogP contribution in [-0.4, -0.2) is 11.1 Å². The zero-order valence-electron chi connectivity index (χ0n) is 15.2. The lowest BCUT2D eigenvalue weighted by atomic mass is 9.80. The van der Waals surface area contributed by atoms with Crippen LogP contribution in [0.5, 0.6) is 0 Å². The molecule has 1 N–H and O–H groups in total. The van der Waals surface area contributed by atoms with Gasteiger partial charge in [0.25, 0.3) is 0 Å². The predicted octanol–water partition coefficient (Wildman–Crippen LogP) is 5.68. The van der Waals surface area contributed by atoms with E-state index in [0.29, 0.717) is 5.92 Å². The Balaban J connectivity index is 2.31. The molecule has 0 saturated carbocycles. The number of hydrogen-bond acceptors (Lipinski definition) is 1. The van der Waals surface area contributed by atoms with Gasteiger partial charge < -0.3 is 5.11 Å². The summed E-state index contributed by atoms with van der Waals surface area (Å²) in [6, 6.07) is 4.79. The van der Waals surface area contributed by atoms with E-state index in [1.165, 1.54) is 53.2 Å². The van der Waals surface area contributed by atoms with Crippen LogP contribution in [0.15, 0.2) is 42.0 Å². The second-order valence-electron chi connectivity index (χ2n) is 6.79. The van der Waals surface area contributed by atoms with Crippen molar-refractivity contribution in [2.24, 2.45) is 0 Å². The first-order valence-electron chi connectivity index (χ1n) is 8.84. The molecular weight excluding hydrogens is 296 g/mol. The molecular formula is C22H28O2. The number of hydrogen-bond donors (Lipinski definition) is 1. The van der Waals surface area contributed by atoms with Crippen LogP contribution in [0.25, 0.3) is 5.57 Å². The smallest absolute Gasteiger partial charge is 0.328 e. The molecule has 1 aliphatic carbocycles. The lowest BCUT2D eigenvalue weighted by Gasteiger charge is -2.25. The first-order chi connectivity index (χ1) is 11.4. The summed E-state index contributed by atoms with van der Waals surface area (Å²) >= 11 is 0. The topological polar surface area (TPSA) is 37.3 Å². The van der Waals surface area contributed by atoms with Gasteiger partial charge in [-0.3, -0.25) is 0 Å². The molecule has 0 spiro atoms. The third kappa shape index (κ3) is 4.47. The Kier molecular flexibility index (Phi) is 6.19. The monoisotopic (exact) mass is 324 g/mol. The van der Waals surface area contributed by atoms with Crippen LogP contribution in [-0.2, 0) is 17.6 Å². The van der Waals surface area contributed by atoms with Crippen molar-refractivity contribution in [3.05, 3.63) is 64.3 Å². The van der Waals surface area contributed by atoms with Crippen molar-refractivity contribution in [2.45, 2.75) is 59.3 Å². The van der Waals surface area contributed by atoms with Crippen molar-refractivity contribution in [3.63, 3.8) is 0 Å². The second kappa shape index (κ2) is 8.14. The molecule has 0 amide bonds. The van der Waals surface area contributed by atoms with Crippen molar-refractivity contribution < 1.29 is 9.90 Å². The molecule has 0 aromatic heterocycles. The van der Waals surface area contributed by atoms with E-state index in [2.05, 4.69) is 39.0 Å². The highest BCUT2D eigenvalue weighted by molar-refractivity contribution is 5.81. The lowest BCUT2D eigenvalue weighted by Crippen LogP contribution is -2.09. The summed E-state index contributed by atoms with van der Waals surface area (Å²) in [5.41, 5.74) is 7.73. The minimum absolute atomic E-state index is 0.668. The van der Waals surface area contributed by atoms with E-state index in [4.69, 9.17) is 5.11 Å². The Hall–Kier alpha value is -2.09. The minimum Gasteiger partial charge on any atom is -0.478 e. The molecule has 0 saturated heterocycles. The third-order valence-electron chi connectivity index (χ3n) is 4.84. The highest BCUT2D eigenvalue weighted by Crippen LogP contribution is 2.35. The highest BCUT2D eigenvalue weighted by atomic mass is 16.4. The van der Waals surface area contributed by atoms with E-state index >= 15 is 0 Å². The number of aryl methyl sites for hydroxylation is 2. The fourth-order valence-corrected chi connectivity index (χ4v) is 3.47. The number of fused-ring (bicyclic) bond motifs is 1. The summed E-state index contributed by atoms with van der Waals surface area (Å²) in [4.78, 5) is 10.6. The van der Waals surface area contributed by atoms with Crippen molar-refractivity contribution >= 4 is 11.5 Å². The normalized spacial score (nSPS) is 18.8. The van der Waals surface area contributed by atoms with Crippen LogP contribution in [0.2, 0.25) is 0 Å². The first kappa shape index (κ1) is 18.3. The number of carbonyl (C=O) groups is 1. The minimum atomic E-state index is -0.907. The van der Waals surface area contributed by atoms with Crippen LogP contribution in [0.1, 0.15) is 68.7 Å². The zero-order valence-corrected chi connectivity index (χ0v) is 15.2. The molecule has 2 nitrogen and oxygen atoms in total. The average Bonchev–Trinajstić information content (AvgIpc) is 2.53. The summed E-state index contributed by atoms with van der Waals surface area (Å²) in [6.45, 7) is 8.47. The number of carboxylic acids is 1. The molecule has 2 heteroatoms. The molecule has 0 aliphatic heterocycles. The van der Waals surface area contributed by atoms with Crippen molar-refractivity contribution in [2.75, 3.05) is 0 Å². The summed E-state index contributed by atoms with van der Waals surface area (Å²) < 4.78 is 0. The quantitative estimate of drug-likeness (QED) is 0.559. The van der Waals surface area contributed by atoms with Crippen LogP contribution in [0.3, 0.4) is 0 Å². The van der Waals surface area contributed by atoms with Crippen LogP contribution in [0, 0.1) is 0 Å². The van der Waals surface area contributed by atoms with Crippen LogP contribution >= 0.6 is 0 Å². The van der Waals surface area contributed by atoms with Crippen molar-refractivity contribution in [1.82, 2.24) is 0 Å². The van der Waals surface area contributed by atoms with Gasteiger partial charge in [-0.05, 0) is 78.8 Å². The lowest BCUT2D eigenvalue weighted by molar-refractivity contribution is -0.131. The van der Waals surface area contributed by atoms with E-state index in [9.17, 15) is 4.79 Å². The van der Waals surface area contributed by atoms with E-state index in [-0.39, 0.29) is 0 Å². The van der Waals surface area contributed by atoms with Crippen molar-refractivity contribution in [1.29, 1.82) is 0 Å². The Labute approximate surface area is 145 Å². The maximum atomic E-state index is 10.6. The Morgan fingerprint density at radius 3 is 2.75 bits per heavy atom. The van der Waals surface area contributed by atoms with E-state index in [0.717, 1.165) is 12.0 Å². The molecule has 0 fully saturated rings. The zero-order chi connectivity index (χ0) is 17.7. The summed E-state index contributed by atoms with van der Waals surface area (Å²) in [7, 11) is 0. The summed E-state index contributed by atoms with van der Waals surface area (Å²) in [6.07, 6.45) is 11.9. The van der Waals surface area contributed by atoms with Crippen molar-refractivity contribution in [3.8, 4) is 0 Å². The molecule has 1 unspecified atom stereocenters. The maximum Gasteiger partial charge on any atom is 0.328 e. The molecule has 1 aliphatic rings. The number of aliphatic carboxylic acids is 1. The van der Waals surface area contributed by atoms with E-state index in [1.54, 1.807) is 6.92 Å². The predicted molar refractivity (Wildman–Crippen MR) is 101 cm³/mol. The second-order valence-corrected chi connectivity index (χ2v) is 6.79. The molecule has 2 rings (SSSR count). The fourth-order valence-electron chi connectivity index (χ4n) is 3.47. The SMILES string of the molecule is CCc1cc2c(cc1C(C)=CC=CC(C)=CC(=O)O)CCCC2C. The largest absolute Gasteiger partial charge is 0.478 e. The molecule has 1 aromatic rings. The Morgan fingerprint density at radius 1 is 1.33 bits per heavy atom. The molecule has 1 atom stereocenters. The summed E-state index contributed by atoms with van der Waals surface area (Å²) in [5, 5.41) is 8.75. The van der Waals surface area contributed by atoms with Gasteiger partial charge in [-0.15, -0.1) is 0 Å². The standard InChI is InChI=1S/C22H28O2/c1-5-18-13-21-17(4)10-7-11-19(21)14-20(18)16(3)9-6-8-15(2)12-22(23)24/h6,8-9,12-14,17H,5,7,10-11H2,1-4H3,(H,23,24). The summed E-state index contributed by atoms with van der Waals surface area (Å²) in [5.74, 6) is -0.240. The van der Waals surface area contributed by atoms with Gasteiger partial charge in [-0.2, -0.15) is 0 Å². The maximum absolute atomic E-state index is 10.6.